The van der Waals surface area contributed by atoms with Crippen LogP contribution in [0.5, 0.6) is 0 Å². The average Bonchev–Trinajstić information content (AvgIpc) is 2.33. The SMILES string of the molecule is CCN(C(=O)CCCCN)c1ccccc1F. The van der Waals surface area contributed by atoms with Gasteiger partial charge in [0.1, 0.15) is 5.82 Å². The molecule has 0 fully saturated rings. The monoisotopic (exact) mass is 238 g/mol. The molecular weight excluding hydrogens is 219 g/mol. The number of rotatable bonds is 6. The molecule has 3 nitrogen and oxygen atoms in total. The molecule has 2 N–H and O–H groups in total. The van der Waals surface area contributed by atoms with Crippen LogP contribution in [0.15, 0.2) is 24.3 Å². The van der Waals surface area contributed by atoms with Gasteiger partial charge in [-0.2, -0.15) is 0 Å². The molecule has 0 heterocycles. The summed E-state index contributed by atoms with van der Waals surface area (Å²) in [4.78, 5) is 13.4. The summed E-state index contributed by atoms with van der Waals surface area (Å²) in [5, 5.41) is 0. The van der Waals surface area contributed by atoms with Gasteiger partial charge in [0.2, 0.25) is 5.91 Å². The summed E-state index contributed by atoms with van der Waals surface area (Å²) < 4.78 is 13.6. The van der Waals surface area contributed by atoms with Crippen LogP contribution in [0.4, 0.5) is 10.1 Å². The fourth-order valence-electron chi connectivity index (χ4n) is 1.71. The minimum absolute atomic E-state index is 0.0500. The molecule has 0 aliphatic heterocycles. The second-order valence-electron chi connectivity index (χ2n) is 3.84. The van der Waals surface area contributed by atoms with Gasteiger partial charge in [-0.15, -0.1) is 0 Å². The highest BCUT2D eigenvalue weighted by Gasteiger charge is 2.16. The first kappa shape index (κ1) is 13.6. The predicted octanol–water partition coefficient (Wildman–Crippen LogP) is 2.31. The number of nitrogens with two attached hydrogens (primary N) is 1. The van der Waals surface area contributed by atoms with Crippen molar-refractivity contribution in [3.8, 4) is 0 Å². The van der Waals surface area contributed by atoms with E-state index in [1.165, 1.54) is 11.0 Å². The summed E-state index contributed by atoms with van der Waals surface area (Å²) >= 11 is 0. The smallest absolute Gasteiger partial charge is 0.227 e. The Morgan fingerprint density at radius 2 is 2.06 bits per heavy atom. The molecule has 0 saturated carbocycles. The van der Waals surface area contributed by atoms with Crippen LogP contribution in [0.25, 0.3) is 0 Å². The van der Waals surface area contributed by atoms with Gasteiger partial charge in [0.05, 0.1) is 5.69 Å². The molecule has 0 unspecified atom stereocenters. The zero-order chi connectivity index (χ0) is 12.7. The molecule has 17 heavy (non-hydrogen) atoms. The van der Waals surface area contributed by atoms with Gasteiger partial charge in [0, 0.05) is 13.0 Å². The van der Waals surface area contributed by atoms with Crippen molar-refractivity contribution in [1.29, 1.82) is 0 Å². The van der Waals surface area contributed by atoms with E-state index < -0.39 is 0 Å². The van der Waals surface area contributed by atoms with Crippen molar-refractivity contribution in [2.45, 2.75) is 26.2 Å². The highest BCUT2D eigenvalue weighted by Crippen LogP contribution is 2.19. The largest absolute Gasteiger partial charge is 0.330 e. The van der Waals surface area contributed by atoms with Gasteiger partial charge < -0.3 is 10.6 Å². The highest BCUT2D eigenvalue weighted by molar-refractivity contribution is 5.93. The lowest BCUT2D eigenvalue weighted by molar-refractivity contribution is -0.118. The molecule has 0 radical (unpaired) electrons. The van der Waals surface area contributed by atoms with Crippen molar-refractivity contribution in [2.24, 2.45) is 5.73 Å². The molecule has 0 spiro atoms. The van der Waals surface area contributed by atoms with Crippen LogP contribution in [0, 0.1) is 5.82 Å². The van der Waals surface area contributed by atoms with Crippen molar-refractivity contribution in [3.05, 3.63) is 30.1 Å². The third kappa shape index (κ3) is 3.82. The molecule has 1 aromatic carbocycles. The number of anilines is 1. The number of unbranched alkanes of at least 4 members (excludes halogenated alkanes) is 1. The minimum atomic E-state index is -0.360. The minimum Gasteiger partial charge on any atom is -0.330 e. The molecule has 0 aromatic heterocycles. The first-order valence-corrected chi connectivity index (χ1v) is 5.95. The lowest BCUT2D eigenvalue weighted by Crippen LogP contribution is -2.31. The molecule has 1 aromatic rings. The Hall–Kier alpha value is -1.42. The average molecular weight is 238 g/mol. The number of amides is 1. The van der Waals surface area contributed by atoms with Crippen molar-refractivity contribution >= 4 is 11.6 Å². The zero-order valence-corrected chi connectivity index (χ0v) is 10.2. The highest BCUT2D eigenvalue weighted by atomic mass is 19.1. The van der Waals surface area contributed by atoms with E-state index in [-0.39, 0.29) is 11.7 Å². The van der Waals surface area contributed by atoms with Crippen LogP contribution in [-0.2, 0) is 4.79 Å². The second-order valence-corrected chi connectivity index (χ2v) is 3.84. The molecule has 0 atom stereocenters. The molecule has 1 rings (SSSR count). The van der Waals surface area contributed by atoms with Crippen molar-refractivity contribution in [2.75, 3.05) is 18.0 Å². The first-order valence-electron chi connectivity index (χ1n) is 5.95. The van der Waals surface area contributed by atoms with Gasteiger partial charge in [-0.1, -0.05) is 12.1 Å². The number of nitrogens with zero attached hydrogens (tertiary/aromatic N) is 1. The van der Waals surface area contributed by atoms with E-state index >= 15 is 0 Å². The maximum Gasteiger partial charge on any atom is 0.227 e. The van der Waals surface area contributed by atoms with Crippen LogP contribution in [0.3, 0.4) is 0 Å². The summed E-state index contributed by atoms with van der Waals surface area (Å²) in [6, 6.07) is 6.34. The Kier molecular flexibility index (Phi) is 5.63. The summed E-state index contributed by atoms with van der Waals surface area (Å²) in [5.74, 6) is -0.410. The van der Waals surface area contributed by atoms with Gasteiger partial charge in [-0.05, 0) is 38.4 Å². The molecule has 0 saturated heterocycles. The Morgan fingerprint density at radius 1 is 1.35 bits per heavy atom. The number of halogens is 1. The Labute approximate surface area is 101 Å². The van der Waals surface area contributed by atoms with Crippen LogP contribution in [0.1, 0.15) is 26.2 Å². The van der Waals surface area contributed by atoms with Gasteiger partial charge in [-0.25, -0.2) is 4.39 Å². The summed E-state index contributed by atoms with van der Waals surface area (Å²) in [6.45, 7) is 2.90. The molecular formula is C13H19FN2O. The normalized spacial score (nSPS) is 10.3. The van der Waals surface area contributed by atoms with Crippen molar-refractivity contribution in [1.82, 2.24) is 0 Å². The summed E-state index contributed by atoms with van der Waals surface area (Å²) in [6.07, 6.45) is 1.99. The topological polar surface area (TPSA) is 46.3 Å². The molecule has 4 heteroatoms. The van der Waals surface area contributed by atoms with Crippen molar-refractivity contribution < 1.29 is 9.18 Å². The number of carbonyl (C=O) groups is 1. The lowest BCUT2D eigenvalue weighted by Gasteiger charge is -2.21. The Morgan fingerprint density at radius 3 is 2.65 bits per heavy atom. The Balaban J connectivity index is 2.71. The van der Waals surface area contributed by atoms with E-state index in [4.69, 9.17) is 5.73 Å². The van der Waals surface area contributed by atoms with Gasteiger partial charge in [0.15, 0.2) is 0 Å². The number of carbonyl (C=O) groups excluding carboxylic acids is 1. The van der Waals surface area contributed by atoms with E-state index in [0.717, 1.165) is 12.8 Å². The molecule has 0 aliphatic carbocycles. The van der Waals surface area contributed by atoms with Crippen LogP contribution >= 0.6 is 0 Å². The Bertz CT molecular complexity index is 368. The predicted molar refractivity (Wildman–Crippen MR) is 67.3 cm³/mol. The standard InChI is InChI=1S/C13H19FN2O/c1-2-16(13(17)9-5-6-10-15)12-8-4-3-7-11(12)14/h3-4,7-8H,2,5-6,9-10,15H2,1H3. The van der Waals surface area contributed by atoms with Crippen molar-refractivity contribution in [3.63, 3.8) is 0 Å². The maximum absolute atomic E-state index is 13.6. The number of para-hydroxylation sites is 1. The fraction of sp³-hybridized carbons (Fsp3) is 0.462. The molecule has 0 bridgehead atoms. The van der Waals surface area contributed by atoms with E-state index in [1.54, 1.807) is 18.2 Å². The summed E-state index contributed by atoms with van der Waals surface area (Å²) in [5.41, 5.74) is 5.73. The van der Waals surface area contributed by atoms with E-state index in [0.29, 0.717) is 25.2 Å². The lowest BCUT2D eigenvalue weighted by atomic mass is 10.2. The number of benzene rings is 1. The number of hydrogen-bond acceptors (Lipinski definition) is 2. The zero-order valence-electron chi connectivity index (χ0n) is 10.2. The van der Waals surface area contributed by atoms with E-state index in [9.17, 15) is 9.18 Å². The first-order chi connectivity index (χ1) is 8.20. The van der Waals surface area contributed by atoms with Crippen LogP contribution < -0.4 is 10.6 Å². The third-order valence-electron chi connectivity index (χ3n) is 2.61. The van der Waals surface area contributed by atoms with Crippen LogP contribution in [0.2, 0.25) is 0 Å². The number of hydrogen-bond donors (Lipinski definition) is 1. The summed E-state index contributed by atoms with van der Waals surface area (Å²) in [7, 11) is 0. The third-order valence-corrected chi connectivity index (χ3v) is 2.61. The van der Waals surface area contributed by atoms with E-state index in [1.807, 2.05) is 6.92 Å². The quantitative estimate of drug-likeness (QED) is 0.773. The molecule has 94 valence electrons. The van der Waals surface area contributed by atoms with Gasteiger partial charge in [-0.3, -0.25) is 4.79 Å². The maximum atomic E-state index is 13.6. The second kappa shape index (κ2) is 7.01. The molecule has 0 aliphatic rings. The van der Waals surface area contributed by atoms with Gasteiger partial charge >= 0.3 is 0 Å². The van der Waals surface area contributed by atoms with Crippen LogP contribution in [-0.4, -0.2) is 19.0 Å². The molecule has 1 amide bonds. The fourth-order valence-corrected chi connectivity index (χ4v) is 1.71. The van der Waals surface area contributed by atoms with E-state index in [2.05, 4.69) is 0 Å². The van der Waals surface area contributed by atoms with Gasteiger partial charge in [0.25, 0.3) is 0 Å².